The van der Waals surface area contributed by atoms with Crippen LogP contribution < -0.4 is 10.1 Å². The predicted molar refractivity (Wildman–Crippen MR) is 86.0 cm³/mol. The van der Waals surface area contributed by atoms with Crippen molar-refractivity contribution in [2.24, 2.45) is 0 Å². The van der Waals surface area contributed by atoms with Crippen LogP contribution in [-0.2, 0) is 0 Å². The third-order valence-corrected chi connectivity index (χ3v) is 3.82. The lowest BCUT2D eigenvalue weighted by molar-refractivity contribution is 0.407. The van der Waals surface area contributed by atoms with Gasteiger partial charge in [-0.2, -0.15) is 0 Å². The number of aryl methyl sites for hydroxylation is 2. The molecule has 0 bridgehead atoms. The first-order chi connectivity index (χ1) is 9.51. The van der Waals surface area contributed by atoms with E-state index < -0.39 is 0 Å². The molecule has 2 nitrogen and oxygen atoms in total. The quantitative estimate of drug-likeness (QED) is 0.841. The van der Waals surface area contributed by atoms with Gasteiger partial charge in [0.05, 0.1) is 13.2 Å². The average Bonchev–Trinajstić information content (AvgIpc) is 2.42. The minimum absolute atomic E-state index is 0.143. The molecule has 0 saturated carbocycles. The number of halogens is 1. The Labute approximate surface area is 125 Å². The van der Waals surface area contributed by atoms with Gasteiger partial charge in [0.2, 0.25) is 0 Å². The van der Waals surface area contributed by atoms with Gasteiger partial charge in [-0.1, -0.05) is 29.8 Å². The summed E-state index contributed by atoms with van der Waals surface area (Å²) in [6, 6.07) is 12.4. The van der Waals surface area contributed by atoms with E-state index in [9.17, 15) is 0 Å². The molecule has 3 heteroatoms. The van der Waals surface area contributed by atoms with E-state index in [2.05, 4.69) is 37.4 Å². The maximum Gasteiger partial charge on any atom is 0.124 e. The average molecular weight is 290 g/mol. The van der Waals surface area contributed by atoms with Gasteiger partial charge in [0, 0.05) is 16.3 Å². The molecule has 2 aromatic carbocycles. The second kappa shape index (κ2) is 6.19. The predicted octanol–water partition coefficient (Wildman–Crippen LogP) is 5.14. The van der Waals surface area contributed by atoms with Gasteiger partial charge in [-0.25, -0.2) is 0 Å². The van der Waals surface area contributed by atoms with Crippen molar-refractivity contribution in [3.05, 3.63) is 58.1 Å². The summed E-state index contributed by atoms with van der Waals surface area (Å²) in [7, 11) is 1.70. The van der Waals surface area contributed by atoms with E-state index in [1.807, 2.05) is 25.1 Å². The molecule has 106 valence electrons. The largest absolute Gasteiger partial charge is 0.496 e. The summed E-state index contributed by atoms with van der Waals surface area (Å²) >= 11 is 6.16. The summed E-state index contributed by atoms with van der Waals surface area (Å²) in [6.45, 7) is 6.17. The SMILES string of the molecule is COc1cc(C)ccc1C(C)Nc1ccc(C)c(Cl)c1. The standard InChI is InChI=1S/C17H20ClNO/c1-11-5-8-15(17(9-11)20-4)13(3)19-14-7-6-12(2)16(18)10-14/h5-10,13,19H,1-4H3. The maximum atomic E-state index is 6.16. The number of nitrogens with one attached hydrogen (secondary N) is 1. The minimum atomic E-state index is 0.143. The van der Waals surface area contributed by atoms with Crippen molar-refractivity contribution < 1.29 is 4.74 Å². The van der Waals surface area contributed by atoms with Crippen LogP contribution in [0.15, 0.2) is 36.4 Å². The van der Waals surface area contributed by atoms with Crippen LogP contribution in [0.5, 0.6) is 5.75 Å². The highest BCUT2D eigenvalue weighted by Gasteiger charge is 2.11. The molecule has 0 aliphatic rings. The molecule has 0 aliphatic carbocycles. The molecule has 1 atom stereocenters. The fraction of sp³-hybridized carbons (Fsp3) is 0.294. The fourth-order valence-corrected chi connectivity index (χ4v) is 2.37. The number of benzene rings is 2. The zero-order valence-corrected chi connectivity index (χ0v) is 13.1. The Hall–Kier alpha value is -1.67. The zero-order valence-electron chi connectivity index (χ0n) is 12.3. The summed E-state index contributed by atoms with van der Waals surface area (Å²) in [4.78, 5) is 0. The van der Waals surface area contributed by atoms with E-state index >= 15 is 0 Å². The molecule has 0 aromatic heterocycles. The Morgan fingerprint density at radius 1 is 1.10 bits per heavy atom. The van der Waals surface area contributed by atoms with Crippen molar-refractivity contribution in [2.75, 3.05) is 12.4 Å². The van der Waals surface area contributed by atoms with E-state index in [1.165, 1.54) is 5.56 Å². The Kier molecular flexibility index (Phi) is 4.56. The molecule has 1 unspecified atom stereocenters. The lowest BCUT2D eigenvalue weighted by atomic mass is 10.0. The van der Waals surface area contributed by atoms with Crippen molar-refractivity contribution in [3.63, 3.8) is 0 Å². The van der Waals surface area contributed by atoms with Crippen LogP contribution in [-0.4, -0.2) is 7.11 Å². The lowest BCUT2D eigenvalue weighted by Gasteiger charge is -2.19. The van der Waals surface area contributed by atoms with Gasteiger partial charge in [-0.05, 0) is 50.1 Å². The fourth-order valence-electron chi connectivity index (χ4n) is 2.19. The Bertz CT molecular complexity index is 610. The molecule has 0 radical (unpaired) electrons. The van der Waals surface area contributed by atoms with Crippen LogP contribution in [0.3, 0.4) is 0 Å². The van der Waals surface area contributed by atoms with Crippen molar-refractivity contribution in [1.82, 2.24) is 0 Å². The number of methoxy groups -OCH3 is 1. The van der Waals surface area contributed by atoms with Gasteiger partial charge in [0.25, 0.3) is 0 Å². The van der Waals surface area contributed by atoms with Crippen LogP contribution in [0.2, 0.25) is 5.02 Å². The van der Waals surface area contributed by atoms with E-state index in [1.54, 1.807) is 7.11 Å². The molecule has 0 heterocycles. The molecule has 0 spiro atoms. The Balaban J connectivity index is 2.23. The Morgan fingerprint density at radius 2 is 1.85 bits per heavy atom. The van der Waals surface area contributed by atoms with Crippen LogP contribution >= 0.6 is 11.6 Å². The van der Waals surface area contributed by atoms with Crippen molar-refractivity contribution in [3.8, 4) is 5.75 Å². The highest BCUT2D eigenvalue weighted by Crippen LogP contribution is 2.29. The highest BCUT2D eigenvalue weighted by molar-refractivity contribution is 6.31. The van der Waals surface area contributed by atoms with E-state index in [-0.39, 0.29) is 6.04 Å². The Morgan fingerprint density at radius 3 is 2.50 bits per heavy atom. The first-order valence-electron chi connectivity index (χ1n) is 6.68. The molecule has 2 rings (SSSR count). The normalized spacial score (nSPS) is 12.1. The van der Waals surface area contributed by atoms with Crippen molar-refractivity contribution in [1.29, 1.82) is 0 Å². The summed E-state index contributed by atoms with van der Waals surface area (Å²) in [5.74, 6) is 0.906. The highest BCUT2D eigenvalue weighted by atomic mass is 35.5. The molecular formula is C17H20ClNO. The molecule has 0 saturated heterocycles. The van der Waals surface area contributed by atoms with Gasteiger partial charge in [-0.15, -0.1) is 0 Å². The van der Waals surface area contributed by atoms with Crippen LogP contribution in [0, 0.1) is 13.8 Å². The van der Waals surface area contributed by atoms with Crippen molar-refractivity contribution in [2.45, 2.75) is 26.8 Å². The summed E-state index contributed by atoms with van der Waals surface area (Å²) in [5.41, 5.74) is 4.42. The first kappa shape index (κ1) is 14.7. The monoisotopic (exact) mass is 289 g/mol. The number of anilines is 1. The molecule has 1 N–H and O–H groups in total. The summed E-state index contributed by atoms with van der Waals surface area (Å²) < 4.78 is 5.46. The van der Waals surface area contributed by atoms with E-state index in [4.69, 9.17) is 16.3 Å². The number of hydrogen-bond donors (Lipinski definition) is 1. The smallest absolute Gasteiger partial charge is 0.124 e. The van der Waals surface area contributed by atoms with E-state index in [0.717, 1.165) is 27.6 Å². The van der Waals surface area contributed by atoms with Gasteiger partial charge in [-0.3, -0.25) is 0 Å². The molecule has 20 heavy (non-hydrogen) atoms. The molecule has 0 fully saturated rings. The van der Waals surface area contributed by atoms with Crippen LogP contribution in [0.1, 0.15) is 29.7 Å². The van der Waals surface area contributed by atoms with Gasteiger partial charge in [0.15, 0.2) is 0 Å². The maximum absolute atomic E-state index is 6.16. The zero-order chi connectivity index (χ0) is 14.7. The molecule has 0 aliphatic heterocycles. The number of hydrogen-bond acceptors (Lipinski definition) is 2. The molecule has 2 aromatic rings. The lowest BCUT2D eigenvalue weighted by Crippen LogP contribution is -2.08. The minimum Gasteiger partial charge on any atom is -0.496 e. The van der Waals surface area contributed by atoms with Gasteiger partial charge >= 0.3 is 0 Å². The van der Waals surface area contributed by atoms with Crippen molar-refractivity contribution >= 4 is 17.3 Å². The van der Waals surface area contributed by atoms with Gasteiger partial charge in [0.1, 0.15) is 5.75 Å². The summed E-state index contributed by atoms with van der Waals surface area (Å²) in [6.07, 6.45) is 0. The number of ether oxygens (including phenoxy) is 1. The third-order valence-electron chi connectivity index (χ3n) is 3.41. The van der Waals surface area contributed by atoms with E-state index in [0.29, 0.717) is 0 Å². The second-order valence-corrected chi connectivity index (χ2v) is 5.48. The third kappa shape index (κ3) is 3.26. The van der Waals surface area contributed by atoms with Crippen LogP contribution in [0.25, 0.3) is 0 Å². The first-order valence-corrected chi connectivity index (χ1v) is 7.06. The van der Waals surface area contributed by atoms with Gasteiger partial charge < -0.3 is 10.1 Å². The summed E-state index contributed by atoms with van der Waals surface area (Å²) in [5, 5.41) is 4.23. The number of rotatable bonds is 4. The van der Waals surface area contributed by atoms with Crippen LogP contribution in [0.4, 0.5) is 5.69 Å². The molecule has 0 amide bonds. The topological polar surface area (TPSA) is 21.3 Å². The second-order valence-electron chi connectivity index (χ2n) is 5.08. The molecular weight excluding hydrogens is 270 g/mol.